The van der Waals surface area contributed by atoms with Crippen molar-refractivity contribution in [1.29, 1.82) is 5.41 Å². The van der Waals surface area contributed by atoms with Crippen molar-refractivity contribution in [2.45, 2.75) is 50.6 Å². The molecule has 17 heavy (non-hydrogen) atoms. The molecule has 0 saturated carbocycles. The van der Waals surface area contributed by atoms with E-state index in [0.717, 1.165) is 24.9 Å². The first-order valence-electron chi connectivity index (χ1n) is 6.94. The largest absolute Gasteiger partial charge is 0.388 e. The van der Waals surface area contributed by atoms with Gasteiger partial charge in [0.1, 0.15) is 0 Å². The molecule has 0 spiro atoms. The number of likely N-dealkylation sites (N-methyl/N-ethyl adjacent to an activating group) is 1. The van der Waals surface area contributed by atoms with Crippen LogP contribution in [-0.2, 0) is 0 Å². The summed E-state index contributed by atoms with van der Waals surface area (Å²) in [4.78, 5) is 5.20. The lowest BCUT2D eigenvalue weighted by Crippen LogP contribution is -2.37. The zero-order chi connectivity index (χ0) is 12.3. The lowest BCUT2D eigenvalue weighted by Gasteiger charge is -2.25. The number of fused-ring (bicyclic) bond motifs is 2. The molecule has 4 nitrogen and oxygen atoms in total. The Morgan fingerprint density at radius 1 is 1.24 bits per heavy atom. The SMILES string of the molecule is CN1C2CCC1CN(CCCCC(=N)N)CC2. The van der Waals surface area contributed by atoms with Gasteiger partial charge in [-0.05, 0) is 52.2 Å². The minimum Gasteiger partial charge on any atom is -0.388 e. The van der Waals surface area contributed by atoms with Crippen LogP contribution >= 0.6 is 0 Å². The molecule has 2 atom stereocenters. The van der Waals surface area contributed by atoms with E-state index in [-0.39, 0.29) is 0 Å². The van der Waals surface area contributed by atoms with E-state index in [4.69, 9.17) is 11.1 Å². The van der Waals surface area contributed by atoms with Crippen molar-refractivity contribution in [2.75, 3.05) is 26.7 Å². The summed E-state index contributed by atoms with van der Waals surface area (Å²) in [7, 11) is 2.29. The Hall–Kier alpha value is -0.610. The highest BCUT2D eigenvalue weighted by atomic mass is 15.3. The van der Waals surface area contributed by atoms with Gasteiger partial charge in [0, 0.05) is 25.0 Å². The predicted molar refractivity (Wildman–Crippen MR) is 71.4 cm³/mol. The zero-order valence-corrected chi connectivity index (χ0v) is 11.0. The highest BCUT2D eigenvalue weighted by Crippen LogP contribution is 2.28. The zero-order valence-electron chi connectivity index (χ0n) is 11.0. The van der Waals surface area contributed by atoms with Crippen LogP contribution in [0.1, 0.15) is 38.5 Å². The number of rotatable bonds is 5. The van der Waals surface area contributed by atoms with E-state index in [2.05, 4.69) is 16.8 Å². The summed E-state index contributed by atoms with van der Waals surface area (Å²) >= 11 is 0. The molecule has 0 aromatic carbocycles. The summed E-state index contributed by atoms with van der Waals surface area (Å²) in [6, 6.07) is 1.62. The van der Waals surface area contributed by atoms with E-state index < -0.39 is 0 Å². The van der Waals surface area contributed by atoms with Crippen molar-refractivity contribution in [3.05, 3.63) is 0 Å². The smallest absolute Gasteiger partial charge is 0.0905 e. The van der Waals surface area contributed by atoms with Crippen molar-refractivity contribution in [2.24, 2.45) is 5.73 Å². The van der Waals surface area contributed by atoms with Gasteiger partial charge in [-0.2, -0.15) is 0 Å². The molecule has 2 rings (SSSR count). The molecule has 0 aromatic heterocycles. The van der Waals surface area contributed by atoms with Crippen molar-refractivity contribution in [3.8, 4) is 0 Å². The number of nitrogens with one attached hydrogen (secondary N) is 1. The van der Waals surface area contributed by atoms with Crippen LogP contribution in [0.3, 0.4) is 0 Å². The van der Waals surface area contributed by atoms with Crippen molar-refractivity contribution in [1.82, 2.24) is 9.80 Å². The van der Waals surface area contributed by atoms with E-state index in [1.807, 2.05) is 0 Å². The van der Waals surface area contributed by atoms with Crippen LogP contribution in [-0.4, -0.2) is 54.4 Å². The second-order valence-corrected chi connectivity index (χ2v) is 5.62. The van der Waals surface area contributed by atoms with Crippen LogP contribution in [0.2, 0.25) is 0 Å². The van der Waals surface area contributed by atoms with Crippen LogP contribution in [0.4, 0.5) is 0 Å². The van der Waals surface area contributed by atoms with Gasteiger partial charge in [0.25, 0.3) is 0 Å². The molecule has 3 N–H and O–H groups in total. The Kier molecular flexibility index (Phi) is 4.40. The number of likely N-dealkylation sites (tertiary alicyclic amines) is 1. The number of hydrogen-bond donors (Lipinski definition) is 2. The summed E-state index contributed by atoms with van der Waals surface area (Å²) in [6.07, 6.45) is 7.13. The van der Waals surface area contributed by atoms with Gasteiger partial charge >= 0.3 is 0 Å². The lowest BCUT2D eigenvalue weighted by molar-refractivity contribution is 0.217. The monoisotopic (exact) mass is 238 g/mol. The van der Waals surface area contributed by atoms with Gasteiger partial charge in [0.15, 0.2) is 0 Å². The van der Waals surface area contributed by atoms with Gasteiger partial charge in [-0.1, -0.05) is 0 Å². The third-order valence-corrected chi connectivity index (χ3v) is 4.40. The maximum absolute atomic E-state index is 7.20. The number of nitrogens with zero attached hydrogens (tertiary/aromatic N) is 2. The quantitative estimate of drug-likeness (QED) is 0.431. The summed E-state index contributed by atoms with van der Waals surface area (Å²) in [5.41, 5.74) is 5.37. The summed E-state index contributed by atoms with van der Waals surface area (Å²) in [6.45, 7) is 3.68. The standard InChI is InChI=1S/C13H26N4/c1-16-11-5-6-12(16)10-17(9-7-11)8-3-2-4-13(14)15/h11-12H,2-10H2,1H3,(H3,14,15). The van der Waals surface area contributed by atoms with Crippen LogP contribution in [0.5, 0.6) is 0 Å². The van der Waals surface area contributed by atoms with E-state index in [9.17, 15) is 0 Å². The first-order valence-corrected chi connectivity index (χ1v) is 6.94. The van der Waals surface area contributed by atoms with Crippen LogP contribution < -0.4 is 5.73 Å². The molecule has 2 heterocycles. The normalized spacial score (nSPS) is 30.4. The molecule has 2 fully saturated rings. The minimum atomic E-state index is 0.333. The molecule has 4 heteroatoms. The second kappa shape index (κ2) is 5.83. The fourth-order valence-corrected chi connectivity index (χ4v) is 3.23. The maximum atomic E-state index is 7.20. The highest BCUT2D eigenvalue weighted by Gasteiger charge is 2.34. The topological polar surface area (TPSA) is 56.4 Å². The van der Waals surface area contributed by atoms with Crippen molar-refractivity contribution < 1.29 is 0 Å². The maximum Gasteiger partial charge on any atom is 0.0905 e. The van der Waals surface area contributed by atoms with Gasteiger partial charge in [-0.3, -0.25) is 10.3 Å². The molecular formula is C13H26N4. The molecule has 98 valence electrons. The highest BCUT2D eigenvalue weighted by molar-refractivity contribution is 5.76. The van der Waals surface area contributed by atoms with Crippen molar-refractivity contribution >= 4 is 5.84 Å². The molecular weight excluding hydrogens is 212 g/mol. The summed E-state index contributed by atoms with van der Waals surface area (Å²) in [5.74, 6) is 0.333. The second-order valence-electron chi connectivity index (χ2n) is 5.62. The fraction of sp³-hybridized carbons (Fsp3) is 0.923. The third-order valence-electron chi connectivity index (χ3n) is 4.40. The van der Waals surface area contributed by atoms with Gasteiger partial charge in [-0.25, -0.2) is 0 Å². The summed E-state index contributed by atoms with van der Waals surface area (Å²) in [5, 5.41) is 7.20. The summed E-state index contributed by atoms with van der Waals surface area (Å²) < 4.78 is 0. The number of nitrogens with two attached hydrogens (primary N) is 1. The van der Waals surface area contributed by atoms with E-state index in [0.29, 0.717) is 5.84 Å². The molecule has 0 aromatic rings. The molecule has 2 unspecified atom stereocenters. The first kappa shape index (κ1) is 12.8. The Morgan fingerprint density at radius 3 is 2.76 bits per heavy atom. The molecule has 0 aliphatic carbocycles. The van der Waals surface area contributed by atoms with E-state index >= 15 is 0 Å². The molecule has 2 saturated heterocycles. The Labute approximate surface area is 105 Å². The minimum absolute atomic E-state index is 0.333. The van der Waals surface area contributed by atoms with Crippen LogP contribution in [0, 0.1) is 5.41 Å². The van der Waals surface area contributed by atoms with Crippen LogP contribution in [0.15, 0.2) is 0 Å². The first-order chi connectivity index (χ1) is 8.16. The fourth-order valence-electron chi connectivity index (χ4n) is 3.23. The number of hydrogen-bond acceptors (Lipinski definition) is 3. The molecule has 0 amide bonds. The molecule has 0 radical (unpaired) electrons. The lowest BCUT2D eigenvalue weighted by atomic mass is 10.1. The van der Waals surface area contributed by atoms with Gasteiger partial charge < -0.3 is 10.6 Å². The van der Waals surface area contributed by atoms with Crippen LogP contribution in [0.25, 0.3) is 0 Å². The number of unbranched alkanes of at least 4 members (excludes halogenated alkanes) is 1. The van der Waals surface area contributed by atoms with Gasteiger partial charge in [0.2, 0.25) is 0 Å². The average molecular weight is 238 g/mol. The number of amidine groups is 1. The van der Waals surface area contributed by atoms with Crippen molar-refractivity contribution in [3.63, 3.8) is 0 Å². The van der Waals surface area contributed by atoms with E-state index in [1.54, 1.807) is 0 Å². The Bertz CT molecular complexity index is 266. The molecule has 2 aliphatic rings. The Morgan fingerprint density at radius 2 is 2.00 bits per heavy atom. The Balaban J connectivity index is 1.70. The van der Waals surface area contributed by atoms with E-state index in [1.165, 1.54) is 45.3 Å². The molecule has 2 aliphatic heterocycles. The third kappa shape index (κ3) is 3.42. The predicted octanol–water partition coefficient (Wildman–Crippen LogP) is 1.26. The van der Waals surface area contributed by atoms with Gasteiger partial charge in [-0.15, -0.1) is 0 Å². The van der Waals surface area contributed by atoms with Gasteiger partial charge in [0.05, 0.1) is 5.84 Å². The molecule has 2 bridgehead atoms. The average Bonchev–Trinajstić information content (AvgIpc) is 2.51.